The zero-order valence-electron chi connectivity index (χ0n) is 19.7. The standard InChI is InChI=1S/C30H27N3O2S/c34-29(33-28(30(35)36)17-25-18-31-19-32-25)24(15-22-11-5-9-20-7-1-3-13-26(20)22)16-23-12-6-10-21-8-2-4-14-27(21)23/h1-14,18-19,24,28H,15-17H2,(H,31,32)(H,33,34)(H,35,36). The van der Waals surface area contributed by atoms with Crippen LogP contribution in [-0.2, 0) is 28.9 Å². The number of thiol groups is 1. The van der Waals surface area contributed by atoms with Crippen molar-refractivity contribution in [1.82, 2.24) is 15.3 Å². The minimum absolute atomic E-state index is 0.164. The minimum atomic E-state index is -0.746. The average Bonchev–Trinajstić information content (AvgIpc) is 3.41. The Bertz CT molecular complexity index is 1420. The van der Waals surface area contributed by atoms with E-state index in [1.807, 2.05) is 36.4 Å². The Balaban J connectivity index is 1.48. The number of rotatable bonds is 9. The molecule has 1 atom stereocenters. The molecule has 5 rings (SSSR count). The Morgan fingerprint density at radius 1 is 0.778 bits per heavy atom. The van der Waals surface area contributed by atoms with Gasteiger partial charge in [0.1, 0.15) is 6.04 Å². The Hall–Kier alpha value is -3.90. The first-order chi connectivity index (χ1) is 17.6. The molecule has 0 bridgehead atoms. The number of H-pyrrole nitrogens is 1. The van der Waals surface area contributed by atoms with Crippen LogP contribution < -0.4 is 5.32 Å². The molecule has 4 aromatic carbocycles. The highest BCUT2D eigenvalue weighted by Gasteiger charge is 2.26. The van der Waals surface area contributed by atoms with Crippen LogP contribution in [0.4, 0.5) is 0 Å². The fraction of sp³-hybridized carbons (Fsp3) is 0.167. The van der Waals surface area contributed by atoms with Crippen LogP contribution in [0.2, 0.25) is 0 Å². The lowest BCUT2D eigenvalue weighted by Gasteiger charge is -2.22. The van der Waals surface area contributed by atoms with Gasteiger partial charge in [-0.05, 0) is 45.5 Å². The van der Waals surface area contributed by atoms with E-state index in [0.29, 0.717) is 19.3 Å². The molecular weight excluding hydrogens is 466 g/mol. The lowest BCUT2D eigenvalue weighted by Crippen LogP contribution is -2.44. The van der Waals surface area contributed by atoms with Crippen molar-refractivity contribution in [2.24, 2.45) is 5.92 Å². The second-order valence-corrected chi connectivity index (χ2v) is 9.50. The van der Waals surface area contributed by atoms with Crippen LogP contribution in [-0.4, -0.2) is 27.0 Å². The van der Waals surface area contributed by atoms with Crippen molar-refractivity contribution in [1.29, 1.82) is 0 Å². The Kier molecular flexibility index (Phi) is 7.14. The van der Waals surface area contributed by atoms with Gasteiger partial charge in [-0.3, -0.25) is 9.59 Å². The van der Waals surface area contributed by atoms with Crippen molar-refractivity contribution in [3.05, 3.63) is 114 Å². The molecule has 5 aromatic rings. The third-order valence-corrected chi connectivity index (χ3v) is 6.97. The number of carbonyl (C=O) groups excluding carboxylic acids is 2. The summed E-state index contributed by atoms with van der Waals surface area (Å²) in [4.78, 5) is 33.1. The predicted octanol–water partition coefficient (Wildman–Crippen LogP) is 5.30. The van der Waals surface area contributed by atoms with Crippen molar-refractivity contribution in [3.8, 4) is 0 Å². The van der Waals surface area contributed by atoms with E-state index in [2.05, 4.69) is 76.4 Å². The number of nitrogens with one attached hydrogen (secondary N) is 2. The fourth-order valence-corrected chi connectivity index (χ4v) is 4.99. The van der Waals surface area contributed by atoms with Gasteiger partial charge in [0.05, 0.1) is 6.33 Å². The first kappa shape index (κ1) is 23.8. The number of fused-ring (bicyclic) bond motifs is 2. The molecular formula is C30H27N3O2S. The van der Waals surface area contributed by atoms with E-state index < -0.39 is 6.04 Å². The Morgan fingerprint density at radius 3 is 1.86 bits per heavy atom. The molecule has 0 fully saturated rings. The molecule has 1 heterocycles. The molecule has 2 N–H and O–H groups in total. The third kappa shape index (κ3) is 5.34. The van der Waals surface area contributed by atoms with E-state index in [1.165, 1.54) is 0 Å². The monoisotopic (exact) mass is 493 g/mol. The molecule has 1 unspecified atom stereocenters. The summed E-state index contributed by atoms with van der Waals surface area (Å²) in [7, 11) is 0. The van der Waals surface area contributed by atoms with Crippen LogP contribution in [0.3, 0.4) is 0 Å². The SMILES string of the molecule is O=C(NC(Cc1cnc[nH]1)C(=O)S)C(Cc1cccc2ccccc12)Cc1cccc2ccccc12. The summed E-state index contributed by atoms with van der Waals surface area (Å²) in [5, 5.41) is 7.15. The molecule has 0 aliphatic heterocycles. The largest absolute Gasteiger partial charge is 0.348 e. The van der Waals surface area contributed by atoms with E-state index in [1.54, 1.807) is 12.5 Å². The molecule has 5 nitrogen and oxygen atoms in total. The van der Waals surface area contributed by atoms with Crippen LogP contribution in [0.5, 0.6) is 0 Å². The van der Waals surface area contributed by atoms with Gasteiger partial charge < -0.3 is 10.3 Å². The predicted molar refractivity (Wildman–Crippen MR) is 147 cm³/mol. The molecule has 0 aliphatic rings. The van der Waals surface area contributed by atoms with E-state index in [9.17, 15) is 9.59 Å². The molecule has 0 saturated carbocycles. The third-order valence-electron chi connectivity index (χ3n) is 6.66. The summed E-state index contributed by atoms with van der Waals surface area (Å²) in [6, 6.07) is 28.1. The number of nitrogens with zero attached hydrogens (tertiary/aromatic N) is 1. The highest BCUT2D eigenvalue weighted by atomic mass is 32.1. The summed E-state index contributed by atoms with van der Waals surface area (Å²) in [5.41, 5.74) is 2.98. The molecule has 0 saturated heterocycles. The normalized spacial score (nSPS) is 12.2. The summed E-state index contributed by atoms with van der Waals surface area (Å²) in [6.45, 7) is 0. The first-order valence-corrected chi connectivity index (χ1v) is 12.5. The number of benzene rings is 4. The molecule has 0 spiro atoms. The Morgan fingerprint density at radius 2 is 1.33 bits per heavy atom. The maximum absolute atomic E-state index is 13.7. The summed E-state index contributed by atoms with van der Waals surface area (Å²) in [6.07, 6.45) is 4.62. The number of carbonyl (C=O) groups is 2. The molecule has 180 valence electrons. The second kappa shape index (κ2) is 10.8. The van der Waals surface area contributed by atoms with Gasteiger partial charge in [-0.1, -0.05) is 84.9 Å². The minimum Gasteiger partial charge on any atom is -0.348 e. The van der Waals surface area contributed by atoms with Gasteiger partial charge in [-0.2, -0.15) is 0 Å². The molecule has 0 aliphatic carbocycles. The maximum Gasteiger partial charge on any atom is 0.224 e. The quantitative estimate of drug-likeness (QED) is 0.244. The van der Waals surface area contributed by atoms with Crippen LogP contribution in [0, 0.1) is 5.92 Å². The van der Waals surface area contributed by atoms with Crippen molar-refractivity contribution in [3.63, 3.8) is 0 Å². The number of imidazole rings is 1. The van der Waals surface area contributed by atoms with Crippen molar-refractivity contribution in [2.45, 2.75) is 25.3 Å². The van der Waals surface area contributed by atoms with E-state index in [-0.39, 0.29) is 16.9 Å². The van der Waals surface area contributed by atoms with Crippen molar-refractivity contribution in [2.75, 3.05) is 0 Å². The topological polar surface area (TPSA) is 74.8 Å². The smallest absolute Gasteiger partial charge is 0.224 e. The van der Waals surface area contributed by atoms with Gasteiger partial charge in [0, 0.05) is 24.2 Å². The lowest BCUT2D eigenvalue weighted by molar-refractivity contribution is -0.127. The summed E-state index contributed by atoms with van der Waals surface area (Å²) < 4.78 is 0. The molecule has 1 aromatic heterocycles. The van der Waals surface area contributed by atoms with Gasteiger partial charge >= 0.3 is 0 Å². The lowest BCUT2D eigenvalue weighted by atomic mass is 9.87. The van der Waals surface area contributed by atoms with Gasteiger partial charge in [-0.15, -0.1) is 12.6 Å². The molecule has 6 heteroatoms. The van der Waals surface area contributed by atoms with Gasteiger partial charge in [-0.25, -0.2) is 4.98 Å². The summed E-state index contributed by atoms with van der Waals surface area (Å²) >= 11 is 4.05. The molecule has 36 heavy (non-hydrogen) atoms. The highest BCUT2D eigenvalue weighted by molar-refractivity contribution is 7.96. The number of aromatic nitrogens is 2. The van der Waals surface area contributed by atoms with Gasteiger partial charge in [0.25, 0.3) is 0 Å². The Labute approximate surface area is 215 Å². The molecule has 0 radical (unpaired) electrons. The van der Waals surface area contributed by atoms with E-state index >= 15 is 0 Å². The second-order valence-electron chi connectivity index (χ2n) is 9.06. The number of aromatic amines is 1. The van der Waals surface area contributed by atoms with Gasteiger partial charge in [0.2, 0.25) is 11.0 Å². The van der Waals surface area contributed by atoms with Crippen LogP contribution in [0.25, 0.3) is 21.5 Å². The van der Waals surface area contributed by atoms with Crippen molar-refractivity contribution < 1.29 is 9.59 Å². The first-order valence-electron chi connectivity index (χ1n) is 12.0. The zero-order chi connectivity index (χ0) is 24.9. The van der Waals surface area contributed by atoms with Gasteiger partial charge in [0.15, 0.2) is 0 Å². The van der Waals surface area contributed by atoms with Crippen LogP contribution in [0.15, 0.2) is 97.5 Å². The number of hydrogen-bond donors (Lipinski definition) is 3. The maximum atomic E-state index is 13.7. The summed E-state index contributed by atoms with van der Waals surface area (Å²) in [5.74, 6) is -0.540. The zero-order valence-corrected chi connectivity index (χ0v) is 20.6. The fourth-order valence-electron chi connectivity index (χ4n) is 4.84. The van der Waals surface area contributed by atoms with Crippen molar-refractivity contribution >= 4 is 45.2 Å². The van der Waals surface area contributed by atoms with Crippen LogP contribution in [0.1, 0.15) is 16.8 Å². The van der Waals surface area contributed by atoms with E-state index in [0.717, 1.165) is 38.4 Å². The van der Waals surface area contributed by atoms with E-state index in [4.69, 9.17) is 0 Å². The average molecular weight is 494 g/mol. The number of amides is 1. The highest BCUT2D eigenvalue weighted by Crippen LogP contribution is 2.26. The van der Waals surface area contributed by atoms with Crippen LogP contribution >= 0.6 is 12.6 Å². The number of hydrogen-bond acceptors (Lipinski definition) is 3. The molecule has 1 amide bonds.